The van der Waals surface area contributed by atoms with Gasteiger partial charge in [0.15, 0.2) is 0 Å². The van der Waals surface area contributed by atoms with E-state index in [4.69, 9.17) is 23.2 Å². The maximum Gasteiger partial charge on any atom is 0.254 e. The number of nitrogens with one attached hydrogen (secondary N) is 3. The van der Waals surface area contributed by atoms with Crippen molar-refractivity contribution < 1.29 is 14.4 Å². The minimum absolute atomic E-state index is 0.0293. The molecule has 0 atom stereocenters. The Morgan fingerprint density at radius 2 is 1.20 bits per heavy atom. The lowest BCUT2D eigenvalue weighted by Gasteiger charge is -2.30. The molecule has 5 aromatic rings. The van der Waals surface area contributed by atoms with Crippen LogP contribution in [0.4, 0.5) is 11.9 Å². The van der Waals surface area contributed by atoms with E-state index in [0.717, 1.165) is 78.0 Å². The fourth-order valence-corrected chi connectivity index (χ4v) is 7.06. The standard InChI is InChI=1S/C25H25ClN4O2.C18H21ClN4O/c1-2-3-13-22(31)28-25-27-21-14-15-30(24(32)17-9-5-4-6-10-17)16-19(21)23(29-25)18-11-7-8-12-20(18)26;1-2-3-8-16(24)22-18-21-15-9-10-20-11-13(15)17(23-18)12-6-4-5-7-14(12)19/h4-12H,2-3,13-16H2,1H3,(H,27,28,29,31);4-7,20H,2-3,8-11H2,1H3,(H,21,22,23,24). The molecule has 2 aromatic heterocycles. The van der Waals surface area contributed by atoms with Crippen LogP contribution in [0.2, 0.25) is 10.0 Å². The first-order valence-electron chi connectivity index (χ1n) is 19.2. The van der Waals surface area contributed by atoms with Crippen LogP contribution >= 0.6 is 23.2 Å². The number of anilines is 2. The fraction of sp³-hybridized carbons (Fsp3) is 0.326. The normalized spacial score (nSPS) is 13.1. The predicted octanol–water partition coefficient (Wildman–Crippen LogP) is 8.70. The summed E-state index contributed by atoms with van der Waals surface area (Å²) >= 11 is 12.9. The number of aromatic nitrogens is 4. The molecule has 0 spiro atoms. The maximum atomic E-state index is 13.0. The van der Waals surface area contributed by atoms with E-state index in [1.54, 1.807) is 11.0 Å². The molecule has 2 aliphatic rings. The lowest BCUT2D eigenvalue weighted by atomic mass is 9.98. The number of amides is 3. The number of hydrogen-bond acceptors (Lipinski definition) is 8. The molecular formula is C43H46Cl2N8O3. The Balaban J connectivity index is 0.000000198. The fourth-order valence-electron chi connectivity index (χ4n) is 6.61. The van der Waals surface area contributed by atoms with E-state index < -0.39 is 0 Å². The zero-order valence-electron chi connectivity index (χ0n) is 31.7. The van der Waals surface area contributed by atoms with Gasteiger partial charge in [-0.15, -0.1) is 0 Å². The summed E-state index contributed by atoms with van der Waals surface area (Å²) in [6.45, 7) is 6.61. The minimum Gasteiger partial charge on any atom is -0.334 e. The third kappa shape index (κ3) is 10.1. The third-order valence-corrected chi connectivity index (χ3v) is 10.2. The largest absolute Gasteiger partial charge is 0.334 e. The van der Waals surface area contributed by atoms with E-state index >= 15 is 0 Å². The van der Waals surface area contributed by atoms with Crippen LogP contribution in [0.5, 0.6) is 0 Å². The van der Waals surface area contributed by atoms with E-state index in [1.807, 2.05) is 79.7 Å². The Hall–Kier alpha value is -5.23. The molecule has 0 saturated heterocycles. The van der Waals surface area contributed by atoms with Crippen molar-refractivity contribution in [1.29, 1.82) is 0 Å². The second-order valence-electron chi connectivity index (χ2n) is 13.7. The highest BCUT2D eigenvalue weighted by Crippen LogP contribution is 2.35. The van der Waals surface area contributed by atoms with Crippen molar-refractivity contribution in [2.45, 2.75) is 78.3 Å². The molecule has 11 nitrogen and oxygen atoms in total. The Kier molecular flexibility index (Phi) is 14.1. The number of carbonyl (C=O) groups excluding carboxylic acids is 3. The number of benzene rings is 3. The Morgan fingerprint density at radius 1 is 0.679 bits per heavy atom. The van der Waals surface area contributed by atoms with Crippen molar-refractivity contribution in [1.82, 2.24) is 30.2 Å². The molecule has 3 N–H and O–H groups in total. The molecule has 13 heteroatoms. The highest BCUT2D eigenvalue weighted by Gasteiger charge is 2.28. The quantitative estimate of drug-likeness (QED) is 0.121. The van der Waals surface area contributed by atoms with Crippen LogP contribution in [0.3, 0.4) is 0 Å². The van der Waals surface area contributed by atoms with Crippen molar-refractivity contribution in [3.8, 4) is 22.5 Å². The van der Waals surface area contributed by atoms with Crippen LogP contribution in [0.1, 0.15) is 85.2 Å². The summed E-state index contributed by atoms with van der Waals surface area (Å²) in [6.07, 6.45) is 5.89. The molecule has 2 aliphatic heterocycles. The van der Waals surface area contributed by atoms with E-state index in [-0.39, 0.29) is 23.7 Å². The van der Waals surface area contributed by atoms with E-state index in [9.17, 15) is 14.4 Å². The molecule has 290 valence electrons. The van der Waals surface area contributed by atoms with Gasteiger partial charge >= 0.3 is 0 Å². The van der Waals surface area contributed by atoms with Gasteiger partial charge in [-0.3, -0.25) is 25.0 Å². The first-order chi connectivity index (χ1) is 27.2. The number of rotatable bonds is 11. The summed E-state index contributed by atoms with van der Waals surface area (Å²) in [6, 6.07) is 24.3. The summed E-state index contributed by atoms with van der Waals surface area (Å²) in [4.78, 5) is 57.6. The van der Waals surface area contributed by atoms with Crippen LogP contribution in [-0.4, -0.2) is 55.6 Å². The van der Waals surface area contributed by atoms with Gasteiger partial charge in [0.1, 0.15) is 0 Å². The zero-order valence-corrected chi connectivity index (χ0v) is 33.2. The van der Waals surface area contributed by atoms with Crippen LogP contribution < -0.4 is 16.0 Å². The Labute approximate surface area is 337 Å². The van der Waals surface area contributed by atoms with Gasteiger partial charge < -0.3 is 10.2 Å². The van der Waals surface area contributed by atoms with Crippen molar-refractivity contribution in [3.05, 3.63) is 117 Å². The van der Waals surface area contributed by atoms with Gasteiger partial charge in [-0.05, 0) is 37.1 Å². The van der Waals surface area contributed by atoms with Gasteiger partial charge in [-0.1, -0.05) is 104 Å². The summed E-state index contributed by atoms with van der Waals surface area (Å²) in [5.41, 5.74) is 7.44. The SMILES string of the molecule is CCCCC(=O)Nc1nc2c(c(-c3ccccc3Cl)n1)CN(C(=O)c1ccccc1)CC2.CCCCC(=O)Nc1nc2c(c(-c3ccccc3Cl)n1)CNCC2. The second kappa shape index (κ2) is 19.6. The third-order valence-electron chi connectivity index (χ3n) is 9.58. The molecule has 4 heterocycles. The molecule has 3 amide bonds. The van der Waals surface area contributed by atoms with Gasteiger partial charge in [-0.2, -0.15) is 0 Å². The molecule has 3 aromatic carbocycles. The topological polar surface area (TPSA) is 142 Å². The lowest BCUT2D eigenvalue weighted by Crippen LogP contribution is -2.37. The molecule has 0 fully saturated rings. The number of carbonyl (C=O) groups is 3. The minimum atomic E-state index is -0.103. The van der Waals surface area contributed by atoms with E-state index in [1.165, 1.54) is 0 Å². The smallest absolute Gasteiger partial charge is 0.254 e. The number of halogens is 2. The van der Waals surface area contributed by atoms with Crippen LogP contribution in [0.25, 0.3) is 22.5 Å². The number of hydrogen-bond donors (Lipinski definition) is 3. The number of fused-ring (bicyclic) bond motifs is 2. The molecule has 56 heavy (non-hydrogen) atoms. The van der Waals surface area contributed by atoms with Crippen molar-refractivity contribution >= 4 is 52.8 Å². The summed E-state index contributed by atoms with van der Waals surface area (Å²) in [7, 11) is 0. The monoisotopic (exact) mass is 792 g/mol. The first kappa shape index (κ1) is 40.4. The van der Waals surface area contributed by atoms with Crippen molar-refractivity contribution in [2.75, 3.05) is 23.7 Å². The van der Waals surface area contributed by atoms with Crippen LogP contribution in [0, 0.1) is 0 Å². The van der Waals surface area contributed by atoms with Crippen molar-refractivity contribution in [3.63, 3.8) is 0 Å². The average molecular weight is 794 g/mol. The van der Waals surface area contributed by atoms with Gasteiger partial charge in [-0.25, -0.2) is 19.9 Å². The van der Waals surface area contributed by atoms with Crippen LogP contribution in [-0.2, 0) is 35.5 Å². The summed E-state index contributed by atoms with van der Waals surface area (Å²) in [5, 5.41) is 10.2. The highest BCUT2D eigenvalue weighted by atomic mass is 35.5. The molecule has 0 saturated carbocycles. The predicted molar refractivity (Wildman–Crippen MR) is 222 cm³/mol. The van der Waals surface area contributed by atoms with Gasteiger partial charge in [0.2, 0.25) is 23.7 Å². The van der Waals surface area contributed by atoms with Crippen LogP contribution in [0.15, 0.2) is 78.9 Å². The molecule has 0 unspecified atom stereocenters. The maximum absolute atomic E-state index is 13.0. The van der Waals surface area contributed by atoms with E-state index in [0.29, 0.717) is 66.1 Å². The molecular weight excluding hydrogens is 747 g/mol. The average Bonchev–Trinajstić information content (AvgIpc) is 3.22. The number of unbranched alkanes of at least 4 members (excludes halogenated alkanes) is 2. The first-order valence-corrected chi connectivity index (χ1v) is 19.9. The van der Waals surface area contributed by atoms with E-state index in [2.05, 4.69) is 42.8 Å². The zero-order chi connectivity index (χ0) is 39.4. The molecule has 0 bridgehead atoms. The van der Waals surface area contributed by atoms with Crippen molar-refractivity contribution in [2.24, 2.45) is 0 Å². The second-order valence-corrected chi connectivity index (χ2v) is 14.5. The Bertz CT molecular complexity index is 2180. The summed E-state index contributed by atoms with van der Waals surface area (Å²) in [5.74, 6) is 0.469. The molecule has 7 rings (SSSR count). The van der Waals surface area contributed by atoms with Gasteiger partial charge in [0.05, 0.1) is 22.8 Å². The molecule has 0 radical (unpaired) electrons. The number of nitrogens with zero attached hydrogens (tertiary/aromatic N) is 5. The van der Waals surface area contributed by atoms with Gasteiger partial charge in [0.25, 0.3) is 5.91 Å². The van der Waals surface area contributed by atoms with Gasteiger partial charge in [0, 0.05) is 89.7 Å². The lowest BCUT2D eigenvalue weighted by molar-refractivity contribution is -0.117. The molecule has 0 aliphatic carbocycles. The Morgan fingerprint density at radius 3 is 1.75 bits per heavy atom. The summed E-state index contributed by atoms with van der Waals surface area (Å²) < 4.78 is 0. The highest BCUT2D eigenvalue weighted by molar-refractivity contribution is 6.33.